The summed E-state index contributed by atoms with van der Waals surface area (Å²) in [5, 5.41) is 9.35. The Morgan fingerprint density at radius 3 is 1.69 bits per heavy atom. The van der Waals surface area contributed by atoms with Crippen molar-refractivity contribution in [3.63, 3.8) is 0 Å². The van der Waals surface area contributed by atoms with Gasteiger partial charge in [0, 0.05) is 12.3 Å². The minimum absolute atomic E-state index is 0.272. The molecule has 5 heteroatoms. The van der Waals surface area contributed by atoms with Crippen LogP contribution in [-0.2, 0) is 19.1 Å². The van der Waals surface area contributed by atoms with E-state index in [0.29, 0.717) is 0 Å². The Morgan fingerprint density at radius 1 is 0.722 bits per heavy atom. The van der Waals surface area contributed by atoms with Gasteiger partial charge in [-0.15, -0.1) is 6.42 Å². The molecule has 0 bridgehead atoms. The molecule has 0 amide bonds. The molecule has 0 radical (unpaired) electrons. The monoisotopic (exact) mass is 484 g/mol. The number of hydrogen-bond acceptors (Lipinski definition) is 5. The molecule has 0 saturated heterocycles. The number of rotatable bonds is 15. The van der Waals surface area contributed by atoms with Crippen molar-refractivity contribution in [1.82, 2.24) is 0 Å². The zero-order valence-electron chi connectivity index (χ0n) is 20.9. The second-order valence-corrected chi connectivity index (χ2v) is 7.47. The Kier molecular flexibility index (Phi) is 22.5. The van der Waals surface area contributed by atoms with Crippen LogP contribution in [0.25, 0.3) is 0 Å². The topological polar surface area (TPSA) is 72.8 Å². The summed E-state index contributed by atoms with van der Waals surface area (Å²) in [4.78, 5) is 23.5. The fourth-order valence-electron chi connectivity index (χ4n) is 2.73. The summed E-state index contributed by atoms with van der Waals surface area (Å²) >= 11 is 0. The SMILES string of the molecule is C#CC#CC#CC#CC#CC#CC#CC(=O)OC[C@@H](CO)OC(=O)CCCCCCCCCCCC. The molecule has 36 heavy (non-hydrogen) atoms. The van der Waals surface area contributed by atoms with Crippen molar-refractivity contribution in [1.29, 1.82) is 0 Å². The minimum Gasteiger partial charge on any atom is -0.456 e. The zero-order chi connectivity index (χ0) is 26.5. The summed E-state index contributed by atoms with van der Waals surface area (Å²) in [6.07, 6.45) is 16.0. The second kappa shape index (κ2) is 25.4. The van der Waals surface area contributed by atoms with Crippen LogP contribution in [-0.4, -0.2) is 36.4 Å². The first-order valence-electron chi connectivity index (χ1n) is 12.1. The summed E-state index contributed by atoms with van der Waals surface area (Å²) in [7, 11) is 0. The van der Waals surface area contributed by atoms with Crippen LogP contribution in [0.1, 0.15) is 77.6 Å². The molecule has 0 aromatic rings. The molecule has 0 aromatic heterocycles. The highest BCUT2D eigenvalue weighted by Gasteiger charge is 2.15. The number of aliphatic hydroxyl groups excluding tert-OH is 1. The van der Waals surface area contributed by atoms with Crippen molar-refractivity contribution < 1.29 is 24.2 Å². The minimum atomic E-state index is -0.928. The molecule has 1 atom stereocenters. The first kappa shape index (κ1) is 31.8. The fourth-order valence-corrected chi connectivity index (χ4v) is 2.73. The number of ether oxygens (including phenoxy) is 2. The normalized spacial score (nSPS) is 9.03. The van der Waals surface area contributed by atoms with Crippen LogP contribution in [0.5, 0.6) is 0 Å². The molecule has 0 heterocycles. The third kappa shape index (κ3) is 23.0. The molecule has 0 spiro atoms. The Labute approximate surface area is 216 Å². The number of terminal acetylenes is 1. The van der Waals surface area contributed by atoms with E-state index in [1.807, 2.05) is 0 Å². The van der Waals surface area contributed by atoms with Gasteiger partial charge < -0.3 is 14.6 Å². The van der Waals surface area contributed by atoms with Crippen LogP contribution in [0.3, 0.4) is 0 Å². The zero-order valence-corrected chi connectivity index (χ0v) is 20.9. The molecule has 186 valence electrons. The quantitative estimate of drug-likeness (QED) is 0.167. The maximum Gasteiger partial charge on any atom is 0.385 e. The smallest absolute Gasteiger partial charge is 0.385 e. The molecule has 0 rings (SSSR count). The van der Waals surface area contributed by atoms with Crippen molar-refractivity contribution >= 4 is 11.9 Å². The van der Waals surface area contributed by atoms with Gasteiger partial charge in [0.25, 0.3) is 0 Å². The molecule has 0 aliphatic carbocycles. The molecule has 0 saturated carbocycles. The highest BCUT2D eigenvalue weighted by molar-refractivity contribution is 5.89. The number of esters is 2. The first-order chi connectivity index (χ1) is 17.6. The number of hydrogen-bond donors (Lipinski definition) is 1. The van der Waals surface area contributed by atoms with E-state index in [9.17, 15) is 14.7 Å². The van der Waals surface area contributed by atoms with E-state index in [0.717, 1.165) is 19.3 Å². The molecule has 0 fully saturated rings. The maximum atomic E-state index is 11.9. The Morgan fingerprint density at radius 2 is 1.19 bits per heavy atom. The van der Waals surface area contributed by atoms with Crippen LogP contribution in [0.2, 0.25) is 0 Å². The lowest BCUT2D eigenvalue weighted by Crippen LogP contribution is -2.28. The van der Waals surface area contributed by atoms with Gasteiger partial charge in [-0.1, -0.05) is 64.7 Å². The Balaban J connectivity index is 4.08. The summed E-state index contributed by atoms with van der Waals surface area (Å²) in [6.45, 7) is 1.47. The first-order valence-corrected chi connectivity index (χ1v) is 12.1. The van der Waals surface area contributed by atoms with Gasteiger partial charge in [0.15, 0.2) is 6.10 Å². The van der Waals surface area contributed by atoms with Crippen LogP contribution in [0, 0.1) is 83.4 Å². The van der Waals surface area contributed by atoms with Crippen molar-refractivity contribution in [3.05, 3.63) is 0 Å². The predicted molar refractivity (Wildman–Crippen MR) is 140 cm³/mol. The van der Waals surface area contributed by atoms with Gasteiger partial charge >= 0.3 is 11.9 Å². The van der Waals surface area contributed by atoms with Gasteiger partial charge in [-0.25, -0.2) is 4.79 Å². The number of unbranched alkanes of at least 4 members (excludes halogenated alkanes) is 9. The lowest BCUT2D eigenvalue weighted by molar-refractivity contribution is -0.159. The molecular formula is C31H32O5. The highest BCUT2D eigenvalue weighted by atomic mass is 16.6. The van der Waals surface area contributed by atoms with Crippen LogP contribution < -0.4 is 0 Å². The molecular weight excluding hydrogens is 452 g/mol. The van der Waals surface area contributed by atoms with E-state index < -0.39 is 24.6 Å². The molecule has 0 unspecified atom stereocenters. The number of aliphatic hydroxyl groups is 1. The number of carbonyl (C=O) groups excluding carboxylic acids is 2. The highest BCUT2D eigenvalue weighted by Crippen LogP contribution is 2.11. The van der Waals surface area contributed by atoms with E-state index >= 15 is 0 Å². The summed E-state index contributed by atoms with van der Waals surface area (Å²) in [5.41, 5.74) is 0. The summed E-state index contributed by atoms with van der Waals surface area (Å²) < 4.78 is 10.0. The molecule has 0 aliphatic rings. The van der Waals surface area contributed by atoms with E-state index in [-0.39, 0.29) is 13.0 Å². The van der Waals surface area contributed by atoms with Gasteiger partial charge in [0.1, 0.15) is 6.61 Å². The Bertz CT molecular complexity index is 1090. The van der Waals surface area contributed by atoms with Crippen molar-refractivity contribution in [2.75, 3.05) is 13.2 Å². The third-order valence-corrected chi connectivity index (χ3v) is 4.50. The predicted octanol–water partition coefficient (Wildman–Crippen LogP) is 3.40. The average molecular weight is 485 g/mol. The Hall–Kier alpha value is -4.18. The van der Waals surface area contributed by atoms with Gasteiger partial charge in [-0.2, -0.15) is 0 Å². The van der Waals surface area contributed by atoms with E-state index in [4.69, 9.17) is 15.9 Å². The van der Waals surface area contributed by atoms with E-state index in [1.54, 1.807) is 0 Å². The summed E-state index contributed by atoms with van der Waals surface area (Å²) in [5.74, 6) is 29.3. The van der Waals surface area contributed by atoms with Crippen molar-refractivity contribution in [2.24, 2.45) is 0 Å². The molecule has 0 aromatic carbocycles. The van der Waals surface area contributed by atoms with Crippen LogP contribution in [0.15, 0.2) is 0 Å². The lowest BCUT2D eigenvalue weighted by Gasteiger charge is -2.14. The average Bonchev–Trinajstić information content (AvgIpc) is 2.88. The molecule has 1 N–H and O–H groups in total. The van der Waals surface area contributed by atoms with E-state index in [2.05, 4.69) is 83.9 Å². The largest absolute Gasteiger partial charge is 0.456 e. The van der Waals surface area contributed by atoms with Crippen molar-refractivity contribution in [2.45, 2.75) is 83.7 Å². The van der Waals surface area contributed by atoms with Crippen LogP contribution in [0.4, 0.5) is 0 Å². The number of carbonyl (C=O) groups is 2. The maximum absolute atomic E-state index is 11.9. The summed E-state index contributed by atoms with van der Waals surface area (Å²) in [6, 6.07) is 0. The van der Waals surface area contributed by atoms with Gasteiger partial charge in [-0.05, 0) is 77.5 Å². The fraction of sp³-hybridized carbons (Fsp3) is 0.484. The third-order valence-electron chi connectivity index (χ3n) is 4.50. The molecule has 5 nitrogen and oxygen atoms in total. The molecule has 0 aliphatic heterocycles. The van der Waals surface area contributed by atoms with Crippen molar-refractivity contribution in [3.8, 4) is 83.4 Å². The van der Waals surface area contributed by atoms with Gasteiger partial charge in [0.2, 0.25) is 0 Å². The van der Waals surface area contributed by atoms with Gasteiger partial charge in [0.05, 0.1) is 6.61 Å². The van der Waals surface area contributed by atoms with Gasteiger partial charge in [-0.3, -0.25) is 4.79 Å². The second-order valence-electron chi connectivity index (χ2n) is 7.47. The standard InChI is InChI=1S/C31H32O5/c1-3-5-7-9-11-13-15-16-18-19-21-23-25-30(33)35-28-29(27-32)36-31(34)26-24-22-20-17-14-12-10-8-6-4-2/h1,29,32H,4,6,8,10,12,14,17,20,22,24,26-28H2,2H3/t29-/m1/s1. The van der Waals surface area contributed by atoms with E-state index in [1.165, 1.54) is 44.9 Å². The van der Waals surface area contributed by atoms with Crippen LogP contribution >= 0.6 is 0 Å². The lowest BCUT2D eigenvalue weighted by atomic mass is 10.1.